The maximum Gasteiger partial charge on any atom is 0.319 e. The van der Waals surface area contributed by atoms with Crippen molar-refractivity contribution in [1.82, 2.24) is 0 Å². The number of Topliss-reactive ketones (excluding diaryl/α,β-unsaturated/α-hetero) is 1. The molecule has 0 spiro atoms. The first kappa shape index (κ1) is 28.1. The molecule has 4 nitrogen and oxygen atoms in total. The Kier molecular flexibility index (Phi) is 6.50. The van der Waals surface area contributed by atoms with Gasteiger partial charge in [-0.15, -0.1) is 6.58 Å². The number of carbonyl (C=O) groups excluding carboxylic acids is 2. The van der Waals surface area contributed by atoms with Gasteiger partial charge < -0.3 is 9.47 Å². The van der Waals surface area contributed by atoms with Crippen molar-refractivity contribution in [3.05, 3.63) is 24.3 Å². The Hall–Kier alpha value is -1.42. The van der Waals surface area contributed by atoms with Crippen LogP contribution in [-0.4, -0.2) is 31.6 Å². The zero-order chi connectivity index (χ0) is 27.9. The number of ether oxygens (including phenoxy) is 2. The second kappa shape index (κ2) is 8.79. The van der Waals surface area contributed by atoms with Crippen LogP contribution in [0.1, 0.15) is 106 Å². The van der Waals surface area contributed by atoms with E-state index in [1.807, 2.05) is 13.0 Å². The topological polar surface area (TPSA) is 52.6 Å². The molecular weight excluding hydrogens is 472 g/mol. The molecule has 9 atom stereocenters. The van der Waals surface area contributed by atoms with Gasteiger partial charge in [0.25, 0.3) is 0 Å². The molecule has 0 saturated heterocycles. The van der Waals surface area contributed by atoms with Crippen molar-refractivity contribution in [2.75, 3.05) is 13.7 Å². The molecule has 5 aliphatic rings. The number of ketones is 1. The summed E-state index contributed by atoms with van der Waals surface area (Å²) in [5.41, 5.74) is 1.25. The van der Waals surface area contributed by atoms with E-state index in [2.05, 4.69) is 54.2 Å². The first-order chi connectivity index (χ1) is 17.6. The lowest BCUT2D eigenvalue weighted by Crippen LogP contribution is -2.66. The highest BCUT2D eigenvalue weighted by atomic mass is 16.5. The minimum absolute atomic E-state index is 0.0412. The Morgan fingerprint density at radius 2 is 1.71 bits per heavy atom. The fourth-order valence-electron chi connectivity index (χ4n) is 11.0. The van der Waals surface area contributed by atoms with E-state index in [0.717, 1.165) is 32.1 Å². The summed E-state index contributed by atoms with van der Waals surface area (Å²) in [6, 6.07) is 0. The summed E-state index contributed by atoms with van der Waals surface area (Å²) >= 11 is 0. The molecule has 0 aromatic rings. The second-order valence-electron chi connectivity index (χ2n) is 15.7. The lowest BCUT2D eigenvalue weighted by atomic mass is 9.33. The molecule has 0 bridgehead atoms. The van der Waals surface area contributed by atoms with E-state index in [-0.39, 0.29) is 50.8 Å². The van der Waals surface area contributed by atoms with Gasteiger partial charge in [-0.3, -0.25) is 9.59 Å². The molecule has 212 valence electrons. The molecule has 0 heterocycles. The average Bonchev–Trinajstić information content (AvgIpc) is 2.86. The molecule has 0 amide bonds. The van der Waals surface area contributed by atoms with Gasteiger partial charge in [0.1, 0.15) is 11.2 Å². The highest BCUT2D eigenvalue weighted by molar-refractivity contribution is 6.04. The van der Waals surface area contributed by atoms with Crippen LogP contribution in [0.25, 0.3) is 0 Å². The fraction of sp³-hybridized carbons (Fsp3) is 0.824. The number of methoxy groups -OCH3 is 1. The molecule has 38 heavy (non-hydrogen) atoms. The van der Waals surface area contributed by atoms with Crippen LogP contribution in [-0.2, 0) is 19.1 Å². The van der Waals surface area contributed by atoms with Gasteiger partial charge in [0, 0.05) is 11.8 Å². The molecule has 4 saturated carbocycles. The first-order valence-electron chi connectivity index (χ1n) is 15.2. The summed E-state index contributed by atoms with van der Waals surface area (Å²) in [7, 11) is 1.44. The molecule has 0 aliphatic heterocycles. The fourth-order valence-corrected chi connectivity index (χ4v) is 11.0. The minimum atomic E-state index is -1.03. The van der Waals surface area contributed by atoms with Crippen molar-refractivity contribution < 1.29 is 19.1 Å². The number of esters is 1. The summed E-state index contributed by atoms with van der Waals surface area (Å²) < 4.78 is 11.8. The van der Waals surface area contributed by atoms with E-state index >= 15 is 0 Å². The molecule has 5 rings (SSSR count). The van der Waals surface area contributed by atoms with Gasteiger partial charge in [-0.05, 0) is 97.7 Å². The van der Waals surface area contributed by atoms with Gasteiger partial charge in [-0.25, -0.2) is 0 Å². The molecule has 0 N–H and O–H groups in total. The Morgan fingerprint density at radius 3 is 2.37 bits per heavy atom. The average molecular weight is 525 g/mol. The largest absolute Gasteiger partial charge is 0.468 e. The van der Waals surface area contributed by atoms with Gasteiger partial charge >= 0.3 is 5.97 Å². The second-order valence-corrected chi connectivity index (χ2v) is 15.7. The van der Waals surface area contributed by atoms with Crippen LogP contribution >= 0.6 is 0 Å². The van der Waals surface area contributed by atoms with Crippen molar-refractivity contribution in [1.29, 1.82) is 0 Å². The molecule has 5 aliphatic carbocycles. The summed E-state index contributed by atoms with van der Waals surface area (Å²) in [4.78, 5) is 26.4. The Bertz CT molecular complexity index is 1050. The van der Waals surface area contributed by atoms with Crippen LogP contribution in [0.15, 0.2) is 24.3 Å². The molecule has 0 aromatic heterocycles. The van der Waals surface area contributed by atoms with Crippen LogP contribution in [0.4, 0.5) is 0 Å². The predicted octanol–water partition coefficient (Wildman–Crippen LogP) is 7.71. The molecule has 2 unspecified atom stereocenters. The molecule has 4 heteroatoms. The number of fused-ring (bicyclic) bond motifs is 7. The van der Waals surface area contributed by atoms with Crippen molar-refractivity contribution in [3.8, 4) is 0 Å². The molecule has 0 radical (unpaired) electrons. The summed E-state index contributed by atoms with van der Waals surface area (Å²) in [5, 5.41) is 0. The van der Waals surface area contributed by atoms with E-state index in [1.54, 1.807) is 5.57 Å². The van der Waals surface area contributed by atoms with Crippen LogP contribution in [0, 0.1) is 50.2 Å². The smallest absolute Gasteiger partial charge is 0.319 e. The van der Waals surface area contributed by atoms with E-state index in [4.69, 9.17) is 9.47 Å². The summed E-state index contributed by atoms with van der Waals surface area (Å²) in [5.74, 6) is 0.769. The lowest BCUT2D eigenvalue weighted by molar-refractivity contribution is -0.202. The van der Waals surface area contributed by atoms with Gasteiger partial charge in [-0.2, -0.15) is 0 Å². The standard InChI is InChI=1S/C34H52O4/c1-10-19-38-27-21-29(2,3)20-23-22-11-12-24-31(5)15-14-26(35)34(8,28(36)37-9)25(31)13-16-33(24,7)32(22,6)18-17-30(23,27)4/h10-11,23-25,27H,1,12-21H2,2-9H3/t23-,24?,25?,27+,30+,31+,32+,33+,34+/m0/s1. The Labute approximate surface area is 231 Å². The summed E-state index contributed by atoms with van der Waals surface area (Å²) in [6.07, 6.45) is 13.9. The monoisotopic (exact) mass is 524 g/mol. The van der Waals surface area contributed by atoms with E-state index in [0.29, 0.717) is 24.9 Å². The van der Waals surface area contributed by atoms with E-state index in [1.165, 1.54) is 26.4 Å². The van der Waals surface area contributed by atoms with Gasteiger partial charge in [0.15, 0.2) is 0 Å². The van der Waals surface area contributed by atoms with Crippen molar-refractivity contribution in [3.63, 3.8) is 0 Å². The third kappa shape index (κ3) is 3.50. The molecule has 0 aromatic carbocycles. The third-order valence-electron chi connectivity index (χ3n) is 13.5. The van der Waals surface area contributed by atoms with E-state index in [9.17, 15) is 9.59 Å². The SMILES string of the molecule is C=CCO[C@@H]1CC(C)(C)C[C@H]2C3=CCC4[C@@]5(C)CCC(=O)[C@](C)(C(=O)OC)C5CC[C@@]4(C)[C@]3(C)CC[C@@]12C. The van der Waals surface area contributed by atoms with Crippen LogP contribution < -0.4 is 0 Å². The van der Waals surface area contributed by atoms with Crippen molar-refractivity contribution in [2.24, 2.45) is 50.2 Å². The number of rotatable bonds is 4. The quantitative estimate of drug-likeness (QED) is 0.215. The van der Waals surface area contributed by atoms with E-state index < -0.39 is 5.41 Å². The zero-order valence-electron chi connectivity index (χ0n) is 25.4. The van der Waals surface area contributed by atoms with Crippen LogP contribution in [0.3, 0.4) is 0 Å². The summed E-state index contributed by atoms with van der Waals surface area (Å²) in [6.45, 7) is 21.3. The zero-order valence-corrected chi connectivity index (χ0v) is 25.4. The van der Waals surface area contributed by atoms with Gasteiger partial charge in [-0.1, -0.05) is 59.3 Å². The number of allylic oxidation sites excluding steroid dienone is 2. The Morgan fingerprint density at radius 1 is 1.00 bits per heavy atom. The maximum absolute atomic E-state index is 13.3. The minimum Gasteiger partial charge on any atom is -0.468 e. The normalized spacial score (nSPS) is 49.5. The third-order valence-corrected chi connectivity index (χ3v) is 13.5. The molecule has 4 fully saturated rings. The molecular formula is C34H52O4. The number of carbonyl (C=O) groups is 2. The first-order valence-corrected chi connectivity index (χ1v) is 15.2. The number of hydrogen-bond acceptors (Lipinski definition) is 4. The van der Waals surface area contributed by atoms with Crippen molar-refractivity contribution in [2.45, 2.75) is 112 Å². The van der Waals surface area contributed by atoms with Gasteiger partial charge in [0.2, 0.25) is 0 Å². The Balaban J connectivity index is 1.57. The van der Waals surface area contributed by atoms with Crippen molar-refractivity contribution >= 4 is 11.8 Å². The van der Waals surface area contributed by atoms with Crippen LogP contribution in [0.2, 0.25) is 0 Å². The van der Waals surface area contributed by atoms with Crippen LogP contribution in [0.5, 0.6) is 0 Å². The maximum atomic E-state index is 13.3. The van der Waals surface area contributed by atoms with Gasteiger partial charge in [0.05, 0.1) is 19.8 Å². The highest BCUT2D eigenvalue weighted by Gasteiger charge is 2.70. The number of hydrogen-bond donors (Lipinski definition) is 0. The predicted molar refractivity (Wildman–Crippen MR) is 151 cm³/mol. The highest BCUT2D eigenvalue weighted by Crippen LogP contribution is 2.75. The lowest BCUT2D eigenvalue weighted by Gasteiger charge is -2.71.